The summed E-state index contributed by atoms with van der Waals surface area (Å²) in [6, 6.07) is 0. The zero-order valence-corrected chi connectivity index (χ0v) is 21.4. The van der Waals surface area contributed by atoms with Crippen LogP contribution in [-0.4, -0.2) is 11.2 Å². The number of hydrogen-bond donors (Lipinski definition) is 1. The van der Waals surface area contributed by atoms with E-state index in [9.17, 15) is 5.11 Å². The maximum absolute atomic E-state index is 10.8. The topological polar surface area (TPSA) is 20.2 Å². The maximum atomic E-state index is 10.8. The van der Waals surface area contributed by atoms with Gasteiger partial charge in [-0.3, -0.25) is 0 Å². The molecule has 0 aromatic rings. The van der Waals surface area contributed by atoms with E-state index in [1.54, 1.807) is 0 Å². The number of hydrogen-bond acceptors (Lipinski definition) is 1. The summed E-state index contributed by atoms with van der Waals surface area (Å²) in [5, 5.41) is 10.8. The molecular weight excluding hydrogens is 376 g/mol. The summed E-state index contributed by atoms with van der Waals surface area (Å²) in [5.74, 6) is 6.73. The van der Waals surface area contributed by atoms with Gasteiger partial charge in [0, 0.05) is 0 Å². The molecule has 0 saturated heterocycles. The van der Waals surface area contributed by atoms with Gasteiger partial charge in [-0.1, -0.05) is 60.0 Å². The summed E-state index contributed by atoms with van der Waals surface area (Å²) in [7, 11) is 0. The Hall–Kier alpha value is -0.300. The molecule has 4 aliphatic rings. The fourth-order valence-corrected chi connectivity index (χ4v) is 9.90. The van der Waals surface area contributed by atoms with Crippen LogP contribution in [0.4, 0.5) is 0 Å². The van der Waals surface area contributed by atoms with Crippen LogP contribution in [0.5, 0.6) is 0 Å². The average molecular weight is 429 g/mol. The molecule has 10 atom stereocenters. The van der Waals surface area contributed by atoms with Crippen LogP contribution in [0.25, 0.3) is 0 Å². The van der Waals surface area contributed by atoms with Crippen molar-refractivity contribution < 1.29 is 5.11 Å². The number of rotatable bonds is 7. The Morgan fingerprint density at radius 2 is 1.71 bits per heavy atom. The van der Waals surface area contributed by atoms with E-state index in [4.69, 9.17) is 0 Å². The minimum absolute atomic E-state index is 0.0935. The van der Waals surface area contributed by atoms with Gasteiger partial charge in [-0.05, 0) is 116 Å². The highest BCUT2D eigenvalue weighted by atomic mass is 16.3. The van der Waals surface area contributed by atoms with Gasteiger partial charge in [0.05, 0.1) is 6.10 Å². The van der Waals surface area contributed by atoms with Crippen LogP contribution >= 0.6 is 0 Å². The second-order valence-corrected chi connectivity index (χ2v) is 13.5. The highest BCUT2D eigenvalue weighted by molar-refractivity contribution is 5.10. The van der Waals surface area contributed by atoms with E-state index in [1.165, 1.54) is 64.2 Å². The quantitative estimate of drug-likeness (QED) is 0.404. The molecule has 4 saturated carbocycles. The van der Waals surface area contributed by atoms with E-state index in [1.807, 2.05) is 0 Å². The van der Waals surface area contributed by atoms with Crippen molar-refractivity contribution in [2.45, 2.75) is 118 Å². The maximum Gasteiger partial charge on any atom is 0.0574 e. The molecule has 31 heavy (non-hydrogen) atoms. The molecule has 0 unspecified atom stereocenters. The van der Waals surface area contributed by atoms with Crippen molar-refractivity contribution in [3.63, 3.8) is 0 Å². The summed E-state index contributed by atoms with van der Waals surface area (Å²) in [4.78, 5) is 0. The van der Waals surface area contributed by atoms with Crippen molar-refractivity contribution in [2.75, 3.05) is 0 Å². The molecule has 0 amide bonds. The Balaban J connectivity index is 1.48. The number of allylic oxidation sites excluding steroid dienone is 1. The van der Waals surface area contributed by atoms with Crippen molar-refractivity contribution >= 4 is 0 Å². The molecule has 4 fully saturated rings. The van der Waals surface area contributed by atoms with Gasteiger partial charge >= 0.3 is 0 Å². The molecule has 0 aromatic carbocycles. The van der Waals surface area contributed by atoms with Gasteiger partial charge in [0.25, 0.3) is 0 Å². The van der Waals surface area contributed by atoms with E-state index in [0.717, 1.165) is 54.3 Å². The van der Waals surface area contributed by atoms with Gasteiger partial charge in [-0.25, -0.2) is 0 Å². The molecule has 1 heteroatoms. The smallest absolute Gasteiger partial charge is 0.0574 e. The Morgan fingerprint density at radius 1 is 0.968 bits per heavy atom. The summed E-state index contributed by atoms with van der Waals surface area (Å²) in [6.07, 6.45) is 18.2. The molecular formula is C30H52O. The van der Waals surface area contributed by atoms with E-state index >= 15 is 0 Å². The van der Waals surface area contributed by atoms with Crippen molar-refractivity contribution in [1.29, 1.82) is 0 Å². The third kappa shape index (κ3) is 4.20. The molecule has 4 aliphatic carbocycles. The van der Waals surface area contributed by atoms with Gasteiger partial charge in [-0.15, -0.1) is 6.58 Å². The largest absolute Gasteiger partial charge is 0.393 e. The minimum atomic E-state index is -0.0935. The number of aliphatic hydroxyl groups excluding tert-OH is 1. The molecule has 0 heterocycles. The average Bonchev–Trinajstić information content (AvgIpc) is 3.06. The first kappa shape index (κ1) is 23.8. The van der Waals surface area contributed by atoms with Crippen molar-refractivity contribution in [3.05, 3.63) is 12.7 Å². The molecule has 0 aromatic heterocycles. The molecule has 1 N–H and O–H groups in total. The van der Waals surface area contributed by atoms with Crippen LogP contribution in [0, 0.1) is 58.2 Å². The Bertz CT molecular complexity index is 624. The first-order valence-corrected chi connectivity index (χ1v) is 14.0. The Labute approximate surface area is 193 Å². The molecule has 0 radical (unpaired) electrons. The van der Waals surface area contributed by atoms with E-state index < -0.39 is 0 Å². The molecule has 178 valence electrons. The van der Waals surface area contributed by atoms with Gasteiger partial charge in [0.2, 0.25) is 0 Å². The van der Waals surface area contributed by atoms with Crippen molar-refractivity contribution in [2.24, 2.45) is 58.2 Å². The lowest BCUT2D eigenvalue weighted by atomic mass is 9.43. The minimum Gasteiger partial charge on any atom is -0.393 e. The van der Waals surface area contributed by atoms with Crippen molar-refractivity contribution in [1.82, 2.24) is 0 Å². The number of fused-ring (bicyclic) bond motifs is 5. The van der Waals surface area contributed by atoms with E-state index in [-0.39, 0.29) is 6.10 Å². The molecule has 0 bridgehead atoms. The van der Waals surface area contributed by atoms with Crippen LogP contribution in [0.1, 0.15) is 112 Å². The zero-order chi connectivity index (χ0) is 22.4. The highest BCUT2D eigenvalue weighted by Crippen LogP contribution is 2.68. The predicted molar refractivity (Wildman–Crippen MR) is 133 cm³/mol. The molecule has 4 rings (SSSR count). The standard InChI is InChI=1S/C30H52O/c1-7-9-22-19-30(6)23(18-28(22)31)12-13-24-26-15-14-25(21(4)11-8-10-20(2)3)29(26,5)17-16-27(24)30/h7,20-28,31H,1,8-19H2,2-6H3/t21-,22-,23+,24+,25-,26+,27+,28+,29-,30+/m1/s1. The zero-order valence-electron chi connectivity index (χ0n) is 21.4. The van der Waals surface area contributed by atoms with Crippen LogP contribution < -0.4 is 0 Å². The van der Waals surface area contributed by atoms with Gasteiger partial charge in [-0.2, -0.15) is 0 Å². The molecule has 0 spiro atoms. The summed E-state index contributed by atoms with van der Waals surface area (Å²) in [6.45, 7) is 16.7. The van der Waals surface area contributed by atoms with E-state index in [2.05, 4.69) is 47.3 Å². The molecule has 1 nitrogen and oxygen atoms in total. The summed E-state index contributed by atoms with van der Waals surface area (Å²) < 4.78 is 0. The lowest BCUT2D eigenvalue weighted by Crippen LogP contribution is -2.55. The lowest BCUT2D eigenvalue weighted by Gasteiger charge is -2.62. The fraction of sp³-hybridized carbons (Fsp3) is 0.933. The van der Waals surface area contributed by atoms with Crippen LogP contribution in [0.15, 0.2) is 12.7 Å². The van der Waals surface area contributed by atoms with Crippen LogP contribution in [0.2, 0.25) is 0 Å². The first-order valence-electron chi connectivity index (χ1n) is 14.0. The molecule has 0 aliphatic heterocycles. The summed E-state index contributed by atoms with van der Waals surface area (Å²) in [5.41, 5.74) is 1.05. The van der Waals surface area contributed by atoms with Crippen LogP contribution in [0.3, 0.4) is 0 Å². The van der Waals surface area contributed by atoms with Gasteiger partial charge in [0.1, 0.15) is 0 Å². The second kappa shape index (κ2) is 9.15. The lowest BCUT2D eigenvalue weighted by molar-refractivity contribution is -0.144. The SMILES string of the molecule is C=CC[C@@H]1C[C@@]2(C)[C@@H](CC[C@@H]3[C@@H]2CC[C@]2(C)[C@@H]([C@H](C)CCCC(C)C)CC[C@@H]32)C[C@@H]1O. The Kier molecular flexibility index (Phi) is 7.04. The normalized spacial score (nSPS) is 48.0. The second-order valence-electron chi connectivity index (χ2n) is 13.5. The fourth-order valence-electron chi connectivity index (χ4n) is 9.90. The van der Waals surface area contributed by atoms with Gasteiger partial charge < -0.3 is 5.11 Å². The van der Waals surface area contributed by atoms with E-state index in [0.29, 0.717) is 16.7 Å². The third-order valence-corrected chi connectivity index (χ3v) is 11.5. The van der Waals surface area contributed by atoms with Gasteiger partial charge in [0.15, 0.2) is 0 Å². The Morgan fingerprint density at radius 3 is 2.42 bits per heavy atom. The third-order valence-electron chi connectivity index (χ3n) is 11.5. The summed E-state index contributed by atoms with van der Waals surface area (Å²) >= 11 is 0. The number of aliphatic hydroxyl groups is 1. The van der Waals surface area contributed by atoms with Crippen molar-refractivity contribution in [3.8, 4) is 0 Å². The monoisotopic (exact) mass is 428 g/mol. The predicted octanol–water partition coefficient (Wildman–Crippen LogP) is 8.27. The first-order chi connectivity index (χ1) is 14.7. The van der Waals surface area contributed by atoms with Crippen LogP contribution in [-0.2, 0) is 0 Å². The highest BCUT2D eigenvalue weighted by Gasteiger charge is 2.61.